The first-order chi connectivity index (χ1) is 10.9. The van der Waals surface area contributed by atoms with E-state index in [4.69, 9.17) is 10.5 Å². The number of nitrogens with two attached hydrogens (primary N) is 1. The maximum absolute atomic E-state index is 12.2. The van der Waals surface area contributed by atoms with Crippen LogP contribution in [0.4, 0.5) is 10.3 Å². The fourth-order valence-corrected chi connectivity index (χ4v) is 4.16. The molecule has 3 N–H and O–H groups in total. The summed E-state index contributed by atoms with van der Waals surface area (Å²) in [6.07, 6.45) is 0. The molecule has 0 radical (unpaired) electrons. The lowest BCUT2D eigenvalue weighted by atomic mass is 10.4. The van der Waals surface area contributed by atoms with Gasteiger partial charge in [0.15, 0.2) is 9.47 Å². The minimum atomic E-state index is -0.435. The van der Waals surface area contributed by atoms with Crippen molar-refractivity contribution in [2.75, 3.05) is 17.7 Å². The second-order valence-electron chi connectivity index (χ2n) is 4.31. The number of hydrogen-bond acceptors (Lipinski definition) is 10. The maximum Gasteiger partial charge on any atom is 0.350 e. The molecule has 2 heterocycles. The van der Waals surface area contributed by atoms with Crippen LogP contribution in [0.3, 0.4) is 0 Å². The summed E-state index contributed by atoms with van der Waals surface area (Å²) in [5.41, 5.74) is 6.03. The Morgan fingerprint density at radius 1 is 1.39 bits per heavy atom. The van der Waals surface area contributed by atoms with Gasteiger partial charge in [-0.25, -0.2) is 9.78 Å². The fourth-order valence-electron chi connectivity index (χ4n) is 1.52. The molecular weight excluding hydrogens is 358 g/mol. The van der Waals surface area contributed by atoms with E-state index in [-0.39, 0.29) is 12.5 Å². The number of aromatic nitrogens is 3. The Labute approximate surface area is 144 Å². The van der Waals surface area contributed by atoms with Crippen LogP contribution in [0.2, 0.25) is 0 Å². The van der Waals surface area contributed by atoms with Gasteiger partial charge in [0.2, 0.25) is 11.0 Å². The summed E-state index contributed by atoms with van der Waals surface area (Å²) >= 11 is 3.57. The normalized spacial score (nSPS) is 12.0. The van der Waals surface area contributed by atoms with Crippen molar-refractivity contribution in [1.82, 2.24) is 15.2 Å². The molecule has 0 saturated heterocycles. The van der Waals surface area contributed by atoms with E-state index < -0.39 is 11.2 Å². The van der Waals surface area contributed by atoms with Gasteiger partial charge in [-0.15, -0.1) is 10.2 Å². The first kappa shape index (κ1) is 17.6. The summed E-state index contributed by atoms with van der Waals surface area (Å²) in [4.78, 5) is 28.5. The highest BCUT2D eigenvalue weighted by atomic mass is 32.2. The van der Waals surface area contributed by atoms with Crippen LogP contribution < -0.4 is 11.1 Å². The number of carbonyl (C=O) groups excluding carboxylic acids is 2. The number of nitrogen functional groups attached to an aromatic ring is 1. The lowest BCUT2D eigenvalue weighted by Gasteiger charge is -2.07. The van der Waals surface area contributed by atoms with Gasteiger partial charge < -0.3 is 15.8 Å². The molecule has 124 valence electrons. The second-order valence-corrected chi connectivity index (χ2v) is 7.91. The summed E-state index contributed by atoms with van der Waals surface area (Å²) in [6, 6.07) is 0. The molecule has 0 aliphatic heterocycles. The SMILES string of the molecule is CCOC(=O)c1sc(NC(=O)[C@H](C)Sc2nnc(N)s2)nc1C. The van der Waals surface area contributed by atoms with E-state index in [0.717, 1.165) is 11.3 Å². The molecule has 0 aliphatic carbocycles. The highest BCUT2D eigenvalue weighted by Gasteiger charge is 2.21. The van der Waals surface area contributed by atoms with E-state index in [2.05, 4.69) is 20.5 Å². The third kappa shape index (κ3) is 4.62. The number of nitrogens with one attached hydrogen (secondary N) is 1. The first-order valence-electron chi connectivity index (χ1n) is 6.61. The standard InChI is InChI=1S/C12H15N5O3S3/c1-4-20-9(19)7-5(2)14-11(22-7)15-8(18)6(3)21-12-17-16-10(13)23-12/h6H,4H2,1-3H3,(H2,13,16)(H,14,15,18)/t6-/m0/s1. The number of rotatable bonds is 6. The summed E-state index contributed by atoms with van der Waals surface area (Å²) in [6.45, 7) is 5.46. The van der Waals surface area contributed by atoms with Gasteiger partial charge in [-0.3, -0.25) is 4.79 Å². The van der Waals surface area contributed by atoms with Crippen molar-refractivity contribution in [1.29, 1.82) is 0 Å². The molecule has 0 aliphatic rings. The van der Waals surface area contributed by atoms with Crippen molar-refractivity contribution in [2.24, 2.45) is 0 Å². The minimum Gasteiger partial charge on any atom is -0.462 e. The molecule has 1 amide bonds. The number of ether oxygens (including phenoxy) is 1. The van der Waals surface area contributed by atoms with Crippen molar-refractivity contribution < 1.29 is 14.3 Å². The number of hydrogen-bond donors (Lipinski definition) is 2. The Morgan fingerprint density at radius 2 is 2.13 bits per heavy atom. The van der Waals surface area contributed by atoms with Gasteiger partial charge in [0.05, 0.1) is 17.6 Å². The quantitative estimate of drug-likeness (QED) is 0.584. The predicted octanol–water partition coefficient (Wildman–Crippen LogP) is 2.18. The minimum absolute atomic E-state index is 0.243. The number of thiazole rings is 1. The number of thioether (sulfide) groups is 1. The van der Waals surface area contributed by atoms with E-state index in [1.807, 2.05) is 0 Å². The molecule has 2 rings (SSSR count). The van der Waals surface area contributed by atoms with Crippen molar-refractivity contribution in [3.63, 3.8) is 0 Å². The zero-order chi connectivity index (χ0) is 17.0. The van der Waals surface area contributed by atoms with Crippen LogP contribution in [0, 0.1) is 6.92 Å². The van der Waals surface area contributed by atoms with Gasteiger partial charge in [0, 0.05) is 0 Å². The smallest absolute Gasteiger partial charge is 0.350 e. The molecule has 0 spiro atoms. The topological polar surface area (TPSA) is 120 Å². The highest BCUT2D eigenvalue weighted by Crippen LogP contribution is 2.29. The third-order valence-electron chi connectivity index (χ3n) is 2.56. The lowest BCUT2D eigenvalue weighted by Crippen LogP contribution is -2.22. The van der Waals surface area contributed by atoms with Gasteiger partial charge in [-0.1, -0.05) is 34.4 Å². The van der Waals surface area contributed by atoms with E-state index in [0.29, 0.717) is 25.2 Å². The number of esters is 1. The fraction of sp³-hybridized carbons (Fsp3) is 0.417. The van der Waals surface area contributed by atoms with Crippen molar-refractivity contribution in [2.45, 2.75) is 30.4 Å². The number of anilines is 2. The molecule has 0 bridgehead atoms. The van der Waals surface area contributed by atoms with E-state index in [9.17, 15) is 9.59 Å². The van der Waals surface area contributed by atoms with Crippen molar-refractivity contribution in [3.8, 4) is 0 Å². The zero-order valence-electron chi connectivity index (χ0n) is 12.7. The Hall–Kier alpha value is -1.72. The summed E-state index contributed by atoms with van der Waals surface area (Å²) in [7, 11) is 0. The van der Waals surface area contributed by atoms with E-state index >= 15 is 0 Å². The van der Waals surface area contributed by atoms with Crippen LogP contribution in [-0.2, 0) is 9.53 Å². The van der Waals surface area contributed by atoms with Gasteiger partial charge in [-0.2, -0.15) is 0 Å². The molecule has 11 heteroatoms. The molecular formula is C12H15N5O3S3. The molecule has 0 saturated carbocycles. The van der Waals surface area contributed by atoms with Crippen LogP contribution in [0.1, 0.15) is 29.2 Å². The van der Waals surface area contributed by atoms with Crippen LogP contribution >= 0.6 is 34.4 Å². The summed E-state index contributed by atoms with van der Waals surface area (Å²) < 4.78 is 5.56. The average molecular weight is 373 g/mol. The van der Waals surface area contributed by atoms with Gasteiger partial charge in [0.1, 0.15) is 4.88 Å². The number of amides is 1. The molecule has 23 heavy (non-hydrogen) atoms. The molecule has 1 atom stereocenters. The third-order valence-corrected chi connectivity index (χ3v) is 5.55. The lowest BCUT2D eigenvalue weighted by molar-refractivity contribution is -0.115. The molecule has 8 nitrogen and oxygen atoms in total. The molecule has 0 fully saturated rings. The summed E-state index contributed by atoms with van der Waals surface area (Å²) in [5, 5.41) is 10.6. The monoisotopic (exact) mass is 373 g/mol. The van der Waals surface area contributed by atoms with Crippen LogP contribution in [-0.4, -0.2) is 38.9 Å². The highest BCUT2D eigenvalue weighted by molar-refractivity contribution is 8.02. The first-order valence-corrected chi connectivity index (χ1v) is 9.13. The molecule has 2 aromatic rings. The number of nitrogens with zero attached hydrogens (tertiary/aromatic N) is 3. The van der Waals surface area contributed by atoms with Gasteiger partial charge in [-0.05, 0) is 20.8 Å². The Kier molecular flexibility index (Phi) is 5.91. The van der Waals surface area contributed by atoms with Gasteiger partial charge >= 0.3 is 5.97 Å². The van der Waals surface area contributed by atoms with Crippen LogP contribution in [0.15, 0.2) is 4.34 Å². The Bertz CT molecular complexity index is 715. The Morgan fingerprint density at radius 3 is 2.74 bits per heavy atom. The molecule has 0 aromatic carbocycles. The number of carbonyl (C=O) groups is 2. The van der Waals surface area contributed by atoms with Crippen molar-refractivity contribution in [3.05, 3.63) is 10.6 Å². The second kappa shape index (κ2) is 7.70. The van der Waals surface area contributed by atoms with Crippen LogP contribution in [0.25, 0.3) is 0 Å². The summed E-state index contributed by atoms with van der Waals surface area (Å²) in [5.74, 6) is -0.678. The number of aryl methyl sites for hydroxylation is 1. The van der Waals surface area contributed by atoms with E-state index in [1.54, 1.807) is 20.8 Å². The zero-order valence-corrected chi connectivity index (χ0v) is 15.1. The van der Waals surface area contributed by atoms with Crippen LogP contribution in [0.5, 0.6) is 0 Å². The molecule has 2 aromatic heterocycles. The maximum atomic E-state index is 12.2. The van der Waals surface area contributed by atoms with E-state index in [1.165, 1.54) is 23.1 Å². The van der Waals surface area contributed by atoms with Gasteiger partial charge in [0.25, 0.3) is 0 Å². The van der Waals surface area contributed by atoms with Crippen molar-refractivity contribution >= 4 is 56.6 Å². The largest absolute Gasteiger partial charge is 0.462 e. The predicted molar refractivity (Wildman–Crippen MR) is 91.1 cm³/mol. The Balaban J connectivity index is 1.99. The average Bonchev–Trinajstić information content (AvgIpc) is 3.05. The molecule has 0 unspecified atom stereocenters.